The van der Waals surface area contributed by atoms with E-state index in [-0.39, 0.29) is 12.5 Å². The van der Waals surface area contributed by atoms with Gasteiger partial charge in [-0.3, -0.25) is 9.78 Å². The molecule has 2 rings (SSSR count). The number of nitrogens with zero attached hydrogens (tertiary/aromatic N) is 2. The van der Waals surface area contributed by atoms with Crippen molar-refractivity contribution < 1.29 is 14.3 Å². The lowest BCUT2D eigenvalue weighted by atomic mass is 10.3. The van der Waals surface area contributed by atoms with Crippen LogP contribution in [0.2, 0.25) is 0 Å². The lowest BCUT2D eigenvalue weighted by Gasteiger charge is -2.05. The van der Waals surface area contributed by atoms with Crippen molar-refractivity contribution in [3.05, 3.63) is 54.4 Å². The molecule has 0 unspecified atom stereocenters. The third-order valence-electron chi connectivity index (χ3n) is 2.52. The van der Waals surface area contributed by atoms with Gasteiger partial charge in [-0.1, -0.05) is 6.07 Å². The van der Waals surface area contributed by atoms with Crippen LogP contribution in [0.1, 0.15) is 5.56 Å². The van der Waals surface area contributed by atoms with Crippen molar-refractivity contribution in [2.45, 2.75) is 0 Å². The minimum Gasteiger partial charge on any atom is -0.497 e. The molecule has 0 radical (unpaired) electrons. The lowest BCUT2D eigenvalue weighted by molar-refractivity contribution is -0.123. The van der Waals surface area contributed by atoms with Crippen molar-refractivity contribution in [1.82, 2.24) is 10.4 Å². The van der Waals surface area contributed by atoms with Crippen LogP contribution < -0.4 is 14.9 Å². The summed E-state index contributed by atoms with van der Waals surface area (Å²) in [7, 11) is 1.59. The molecule has 0 atom stereocenters. The fourth-order valence-electron chi connectivity index (χ4n) is 1.48. The topological polar surface area (TPSA) is 72.8 Å². The number of nitrogens with one attached hydrogen (secondary N) is 1. The molecule has 0 aliphatic carbocycles. The summed E-state index contributed by atoms with van der Waals surface area (Å²) < 4.78 is 10.3. The van der Waals surface area contributed by atoms with Gasteiger partial charge in [0.15, 0.2) is 6.61 Å². The summed E-state index contributed by atoms with van der Waals surface area (Å²) in [6, 6.07) is 10.6. The summed E-state index contributed by atoms with van der Waals surface area (Å²) in [5.41, 5.74) is 3.18. The SMILES string of the molecule is COc1ccc(OCC(=O)N/N=C\c2cccnc2)cc1. The molecule has 0 spiro atoms. The normalized spacial score (nSPS) is 10.3. The summed E-state index contributed by atoms with van der Waals surface area (Å²) in [5, 5.41) is 3.82. The maximum absolute atomic E-state index is 11.5. The fourth-order valence-corrected chi connectivity index (χ4v) is 1.48. The molecule has 2 aromatic rings. The van der Waals surface area contributed by atoms with Gasteiger partial charge in [-0.2, -0.15) is 5.10 Å². The molecule has 1 N–H and O–H groups in total. The average molecular weight is 285 g/mol. The first-order valence-corrected chi connectivity index (χ1v) is 6.27. The molecule has 0 bridgehead atoms. The van der Waals surface area contributed by atoms with Crippen LogP contribution >= 0.6 is 0 Å². The molecule has 1 aromatic carbocycles. The van der Waals surface area contributed by atoms with Gasteiger partial charge >= 0.3 is 0 Å². The Hall–Kier alpha value is -2.89. The van der Waals surface area contributed by atoms with Crippen LogP contribution in [0.4, 0.5) is 0 Å². The standard InChI is InChI=1S/C15H15N3O3/c1-20-13-4-6-14(7-5-13)21-11-15(19)18-17-10-12-3-2-8-16-9-12/h2-10H,11H2,1H3,(H,18,19)/b17-10-. The van der Waals surface area contributed by atoms with E-state index in [4.69, 9.17) is 9.47 Å². The zero-order chi connectivity index (χ0) is 14.9. The second-order valence-corrected chi connectivity index (χ2v) is 4.04. The predicted molar refractivity (Wildman–Crippen MR) is 78.5 cm³/mol. The van der Waals surface area contributed by atoms with Gasteiger partial charge in [0.25, 0.3) is 5.91 Å². The molecule has 1 heterocycles. The molecular weight excluding hydrogens is 270 g/mol. The average Bonchev–Trinajstić information content (AvgIpc) is 2.54. The lowest BCUT2D eigenvalue weighted by Crippen LogP contribution is -2.24. The van der Waals surface area contributed by atoms with Crippen LogP contribution in [0, 0.1) is 0 Å². The number of rotatable bonds is 6. The van der Waals surface area contributed by atoms with Gasteiger partial charge in [0.1, 0.15) is 11.5 Å². The molecule has 1 aromatic heterocycles. The van der Waals surface area contributed by atoms with E-state index < -0.39 is 0 Å². The third kappa shape index (κ3) is 4.94. The van der Waals surface area contributed by atoms with Crippen LogP contribution in [-0.4, -0.2) is 30.8 Å². The Morgan fingerprint density at radius 2 is 2.05 bits per heavy atom. The third-order valence-corrected chi connectivity index (χ3v) is 2.52. The summed E-state index contributed by atoms with van der Waals surface area (Å²) in [4.78, 5) is 15.5. The van der Waals surface area contributed by atoms with Crippen molar-refractivity contribution in [3.8, 4) is 11.5 Å². The minimum absolute atomic E-state index is 0.114. The highest BCUT2D eigenvalue weighted by Crippen LogP contribution is 2.16. The number of benzene rings is 1. The number of aromatic nitrogens is 1. The van der Waals surface area contributed by atoms with Gasteiger partial charge < -0.3 is 9.47 Å². The maximum Gasteiger partial charge on any atom is 0.277 e. The summed E-state index contributed by atoms with van der Waals surface area (Å²) in [6.45, 7) is -0.114. The summed E-state index contributed by atoms with van der Waals surface area (Å²) in [6.07, 6.45) is 4.82. The number of hydrogen-bond donors (Lipinski definition) is 1. The van der Waals surface area contributed by atoms with E-state index in [9.17, 15) is 4.79 Å². The first-order chi connectivity index (χ1) is 10.3. The van der Waals surface area contributed by atoms with Gasteiger partial charge in [-0.05, 0) is 30.3 Å². The summed E-state index contributed by atoms with van der Waals surface area (Å²) >= 11 is 0. The molecule has 6 nitrogen and oxygen atoms in total. The van der Waals surface area contributed by atoms with Crippen molar-refractivity contribution in [2.24, 2.45) is 5.10 Å². The Morgan fingerprint density at radius 3 is 2.71 bits per heavy atom. The van der Waals surface area contributed by atoms with Crippen LogP contribution in [-0.2, 0) is 4.79 Å². The molecule has 6 heteroatoms. The second kappa shape index (κ2) is 7.64. The molecule has 108 valence electrons. The van der Waals surface area contributed by atoms with Crippen LogP contribution in [0.15, 0.2) is 53.9 Å². The second-order valence-electron chi connectivity index (χ2n) is 4.04. The molecular formula is C15H15N3O3. The van der Waals surface area contributed by atoms with Gasteiger partial charge in [0.2, 0.25) is 0 Å². The van der Waals surface area contributed by atoms with Gasteiger partial charge in [-0.25, -0.2) is 5.43 Å². The van der Waals surface area contributed by atoms with Gasteiger partial charge in [0.05, 0.1) is 13.3 Å². The largest absolute Gasteiger partial charge is 0.497 e. The predicted octanol–water partition coefficient (Wildman–Crippen LogP) is 1.62. The molecule has 0 saturated heterocycles. The van der Waals surface area contributed by atoms with Crippen LogP contribution in [0.3, 0.4) is 0 Å². The van der Waals surface area contributed by atoms with Gasteiger partial charge in [-0.15, -0.1) is 0 Å². The highest BCUT2D eigenvalue weighted by molar-refractivity contribution is 5.82. The quantitative estimate of drug-likeness (QED) is 0.646. The minimum atomic E-state index is -0.342. The highest BCUT2D eigenvalue weighted by Gasteiger charge is 2.01. The number of ether oxygens (including phenoxy) is 2. The monoisotopic (exact) mass is 285 g/mol. The fraction of sp³-hybridized carbons (Fsp3) is 0.133. The molecule has 21 heavy (non-hydrogen) atoms. The molecule has 0 aliphatic rings. The van der Waals surface area contributed by atoms with E-state index in [0.717, 1.165) is 11.3 Å². The Bertz CT molecular complexity index is 597. The van der Waals surface area contributed by atoms with E-state index in [0.29, 0.717) is 5.75 Å². The molecule has 0 fully saturated rings. The Labute approximate surface area is 122 Å². The molecule has 0 aliphatic heterocycles. The van der Waals surface area contributed by atoms with E-state index in [1.54, 1.807) is 49.8 Å². The van der Waals surface area contributed by atoms with Crippen molar-refractivity contribution >= 4 is 12.1 Å². The molecule has 1 amide bonds. The zero-order valence-corrected chi connectivity index (χ0v) is 11.5. The Morgan fingerprint density at radius 1 is 1.29 bits per heavy atom. The van der Waals surface area contributed by atoms with Crippen molar-refractivity contribution in [1.29, 1.82) is 0 Å². The first kappa shape index (κ1) is 14.5. The van der Waals surface area contributed by atoms with E-state index >= 15 is 0 Å². The van der Waals surface area contributed by atoms with E-state index in [2.05, 4.69) is 15.5 Å². The van der Waals surface area contributed by atoms with Crippen molar-refractivity contribution in [2.75, 3.05) is 13.7 Å². The number of pyridine rings is 1. The number of carbonyl (C=O) groups is 1. The van der Waals surface area contributed by atoms with Crippen LogP contribution in [0.5, 0.6) is 11.5 Å². The van der Waals surface area contributed by atoms with Crippen molar-refractivity contribution in [3.63, 3.8) is 0 Å². The highest BCUT2D eigenvalue weighted by atomic mass is 16.5. The smallest absolute Gasteiger partial charge is 0.277 e. The number of amides is 1. The van der Waals surface area contributed by atoms with Gasteiger partial charge in [0, 0.05) is 18.0 Å². The first-order valence-electron chi connectivity index (χ1n) is 6.27. The zero-order valence-electron chi connectivity index (χ0n) is 11.5. The Kier molecular flexibility index (Phi) is 5.28. The van der Waals surface area contributed by atoms with E-state index in [1.807, 2.05) is 6.07 Å². The Balaban J connectivity index is 1.75. The summed E-state index contributed by atoms with van der Waals surface area (Å²) in [5.74, 6) is 0.973. The van der Waals surface area contributed by atoms with E-state index in [1.165, 1.54) is 6.21 Å². The number of methoxy groups -OCH3 is 1. The molecule has 0 saturated carbocycles. The maximum atomic E-state index is 11.5. The number of hydrogen-bond acceptors (Lipinski definition) is 5. The number of carbonyl (C=O) groups excluding carboxylic acids is 1. The van der Waals surface area contributed by atoms with Crippen LogP contribution in [0.25, 0.3) is 0 Å². The number of hydrazone groups is 1.